The van der Waals surface area contributed by atoms with Gasteiger partial charge >= 0.3 is 0 Å². The van der Waals surface area contributed by atoms with E-state index in [9.17, 15) is 28.1 Å². The van der Waals surface area contributed by atoms with Crippen molar-refractivity contribution >= 4 is 33.2 Å². The van der Waals surface area contributed by atoms with Crippen LogP contribution in [0.4, 0.5) is 11.4 Å². The monoisotopic (exact) mass is 580 g/mol. The average Bonchev–Trinajstić information content (AvgIpc) is 2.99. The number of benzene rings is 3. The average molecular weight is 581 g/mol. The quantitative estimate of drug-likeness (QED) is 0.159. The summed E-state index contributed by atoms with van der Waals surface area (Å²) >= 11 is 0. The van der Waals surface area contributed by atoms with Crippen molar-refractivity contribution in [1.29, 1.82) is 0 Å². The number of nitro groups is 1. The smallest absolute Gasteiger partial charge is 0.269 e. The van der Waals surface area contributed by atoms with Gasteiger partial charge in [-0.15, -0.1) is 0 Å². The van der Waals surface area contributed by atoms with Crippen molar-refractivity contribution in [2.75, 3.05) is 23.9 Å². The molecule has 0 saturated carbocycles. The molecule has 1 unspecified atom stereocenters. The third-order valence-electron chi connectivity index (χ3n) is 6.66. The topological polar surface area (TPSA) is 130 Å². The van der Waals surface area contributed by atoms with E-state index < -0.39 is 33.4 Å². The molecule has 0 aliphatic heterocycles. The number of anilines is 1. The van der Waals surface area contributed by atoms with E-state index >= 15 is 0 Å². The predicted octanol–water partition coefficient (Wildman–Crippen LogP) is 4.56. The maximum atomic E-state index is 14.0. The highest BCUT2D eigenvalue weighted by atomic mass is 32.2. The van der Waals surface area contributed by atoms with Crippen LogP contribution in [0, 0.1) is 10.1 Å². The first-order valence-electron chi connectivity index (χ1n) is 13.6. The van der Waals surface area contributed by atoms with Gasteiger partial charge in [0.2, 0.25) is 11.8 Å². The molecule has 10 nitrogen and oxygen atoms in total. The van der Waals surface area contributed by atoms with Crippen LogP contribution in [-0.4, -0.2) is 55.7 Å². The lowest BCUT2D eigenvalue weighted by atomic mass is 10.1. The van der Waals surface area contributed by atoms with Crippen molar-refractivity contribution in [3.05, 3.63) is 101 Å². The van der Waals surface area contributed by atoms with E-state index in [2.05, 4.69) is 5.32 Å². The Kier molecular flexibility index (Phi) is 11.4. The SMILES string of the molecule is CCCCNC(=O)C(CC)N(CCc1ccccc1)C(=O)CN(c1ccc([N+](=O)[O-])cc1)S(=O)(=O)c1ccccc1. The third-order valence-corrected chi connectivity index (χ3v) is 8.45. The lowest BCUT2D eigenvalue weighted by Crippen LogP contribution is -2.53. The minimum atomic E-state index is -4.24. The fourth-order valence-corrected chi connectivity index (χ4v) is 5.83. The van der Waals surface area contributed by atoms with Gasteiger partial charge in [0.1, 0.15) is 12.6 Å². The summed E-state index contributed by atoms with van der Waals surface area (Å²) in [5.41, 5.74) is 0.850. The van der Waals surface area contributed by atoms with E-state index in [0.717, 1.165) is 22.7 Å². The van der Waals surface area contributed by atoms with E-state index in [0.29, 0.717) is 19.4 Å². The van der Waals surface area contributed by atoms with Gasteiger partial charge in [-0.25, -0.2) is 8.42 Å². The van der Waals surface area contributed by atoms with Crippen molar-refractivity contribution in [2.24, 2.45) is 0 Å². The van der Waals surface area contributed by atoms with Crippen LogP contribution < -0.4 is 9.62 Å². The van der Waals surface area contributed by atoms with Gasteiger partial charge in [0.25, 0.3) is 15.7 Å². The summed E-state index contributed by atoms with van der Waals surface area (Å²) in [6.45, 7) is 3.90. The molecule has 1 atom stereocenters. The summed E-state index contributed by atoms with van der Waals surface area (Å²) in [4.78, 5) is 39.2. The molecular formula is C30H36N4O6S. The zero-order valence-electron chi connectivity index (χ0n) is 23.3. The van der Waals surface area contributed by atoms with Gasteiger partial charge in [-0.3, -0.25) is 24.0 Å². The molecule has 0 spiro atoms. The summed E-state index contributed by atoms with van der Waals surface area (Å²) in [7, 11) is -4.24. The van der Waals surface area contributed by atoms with Gasteiger partial charge < -0.3 is 10.2 Å². The van der Waals surface area contributed by atoms with Crippen molar-refractivity contribution in [3.63, 3.8) is 0 Å². The van der Waals surface area contributed by atoms with E-state index in [4.69, 9.17) is 0 Å². The molecule has 0 aliphatic carbocycles. The van der Waals surface area contributed by atoms with Crippen LogP contribution in [0.25, 0.3) is 0 Å². The van der Waals surface area contributed by atoms with E-state index in [1.807, 2.05) is 44.2 Å². The number of hydrogen-bond donors (Lipinski definition) is 1. The molecular weight excluding hydrogens is 544 g/mol. The lowest BCUT2D eigenvalue weighted by Gasteiger charge is -2.33. The molecule has 0 saturated heterocycles. The number of nitro benzene ring substituents is 1. The van der Waals surface area contributed by atoms with Crippen LogP contribution in [0.3, 0.4) is 0 Å². The van der Waals surface area contributed by atoms with Crippen molar-refractivity contribution < 1.29 is 22.9 Å². The largest absolute Gasteiger partial charge is 0.354 e. The van der Waals surface area contributed by atoms with Crippen LogP contribution in [-0.2, 0) is 26.0 Å². The highest BCUT2D eigenvalue weighted by Gasteiger charge is 2.33. The molecule has 0 heterocycles. The number of hydrogen-bond acceptors (Lipinski definition) is 6. The number of unbranched alkanes of at least 4 members (excludes halogenated alkanes) is 1. The molecule has 3 aromatic rings. The number of nitrogens with zero attached hydrogens (tertiary/aromatic N) is 3. The minimum Gasteiger partial charge on any atom is -0.354 e. The fourth-order valence-electron chi connectivity index (χ4n) is 4.39. The number of nitrogens with one attached hydrogen (secondary N) is 1. The van der Waals surface area contributed by atoms with Crippen LogP contribution in [0.15, 0.2) is 89.8 Å². The Morgan fingerprint density at radius 2 is 1.54 bits per heavy atom. The summed E-state index contributed by atoms with van der Waals surface area (Å²) in [6, 6.07) is 21.3. The number of carbonyl (C=O) groups is 2. The molecule has 218 valence electrons. The second-order valence-electron chi connectivity index (χ2n) is 9.49. The van der Waals surface area contributed by atoms with Crippen molar-refractivity contribution in [3.8, 4) is 0 Å². The number of non-ortho nitro benzene ring substituents is 1. The Morgan fingerprint density at radius 3 is 2.10 bits per heavy atom. The zero-order valence-corrected chi connectivity index (χ0v) is 24.1. The predicted molar refractivity (Wildman–Crippen MR) is 158 cm³/mol. The Hall–Kier alpha value is -4.25. The summed E-state index contributed by atoms with van der Waals surface area (Å²) in [5, 5.41) is 14.1. The molecule has 3 rings (SSSR count). The third kappa shape index (κ3) is 8.37. The summed E-state index contributed by atoms with van der Waals surface area (Å²) in [5.74, 6) is -0.855. The normalized spacial score (nSPS) is 11.9. The Labute approximate surface area is 241 Å². The van der Waals surface area contributed by atoms with Gasteiger partial charge in [0, 0.05) is 25.2 Å². The van der Waals surface area contributed by atoms with Gasteiger partial charge in [-0.1, -0.05) is 68.8 Å². The van der Waals surface area contributed by atoms with E-state index in [1.54, 1.807) is 18.2 Å². The first-order chi connectivity index (χ1) is 19.7. The minimum absolute atomic E-state index is 0.0358. The number of sulfonamides is 1. The zero-order chi connectivity index (χ0) is 29.8. The number of rotatable bonds is 15. The highest BCUT2D eigenvalue weighted by Crippen LogP contribution is 2.26. The number of carbonyl (C=O) groups excluding carboxylic acids is 2. The molecule has 2 amide bonds. The number of amides is 2. The first-order valence-corrected chi connectivity index (χ1v) is 15.1. The van der Waals surface area contributed by atoms with Crippen molar-refractivity contribution in [2.45, 2.75) is 50.5 Å². The van der Waals surface area contributed by atoms with Gasteiger partial charge in [-0.05, 0) is 49.1 Å². The lowest BCUT2D eigenvalue weighted by molar-refractivity contribution is -0.384. The molecule has 0 aliphatic rings. The Morgan fingerprint density at radius 1 is 0.927 bits per heavy atom. The Balaban J connectivity index is 1.99. The second-order valence-corrected chi connectivity index (χ2v) is 11.4. The molecule has 11 heteroatoms. The second kappa shape index (κ2) is 14.9. The van der Waals surface area contributed by atoms with Crippen LogP contribution >= 0.6 is 0 Å². The maximum absolute atomic E-state index is 14.0. The molecule has 1 N–H and O–H groups in total. The molecule has 0 radical (unpaired) electrons. The standard InChI is InChI=1S/C30H36N4O6S/c1-3-5-21-31-30(36)28(4-2)32(22-20-24-12-8-6-9-13-24)29(35)23-33(25-16-18-26(19-17-25)34(37)38)41(39,40)27-14-10-7-11-15-27/h6-19,28H,3-5,20-23H2,1-2H3,(H,31,36). The maximum Gasteiger partial charge on any atom is 0.269 e. The van der Waals surface area contributed by atoms with Crippen LogP contribution in [0.1, 0.15) is 38.7 Å². The van der Waals surface area contributed by atoms with Crippen LogP contribution in [0.5, 0.6) is 0 Å². The highest BCUT2D eigenvalue weighted by molar-refractivity contribution is 7.92. The summed E-state index contributed by atoms with van der Waals surface area (Å²) in [6.07, 6.45) is 2.49. The molecule has 0 fully saturated rings. The molecule has 0 bridgehead atoms. The van der Waals surface area contributed by atoms with Crippen LogP contribution in [0.2, 0.25) is 0 Å². The van der Waals surface area contributed by atoms with E-state index in [-0.39, 0.29) is 28.7 Å². The fraction of sp³-hybridized carbons (Fsp3) is 0.333. The molecule has 3 aromatic carbocycles. The summed E-state index contributed by atoms with van der Waals surface area (Å²) < 4.78 is 28.5. The molecule has 0 aromatic heterocycles. The van der Waals surface area contributed by atoms with E-state index in [1.165, 1.54) is 41.3 Å². The van der Waals surface area contributed by atoms with Gasteiger partial charge in [0.05, 0.1) is 15.5 Å². The van der Waals surface area contributed by atoms with Gasteiger partial charge in [-0.2, -0.15) is 0 Å². The van der Waals surface area contributed by atoms with Crippen molar-refractivity contribution in [1.82, 2.24) is 10.2 Å². The molecule has 41 heavy (non-hydrogen) atoms. The van der Waals surface area contributed by atoms with Gasteiger partial charge in [0.15, 0.2) is 0 Å². The Bertz CT molecular complexity index is 1400. The first kappa shape index (κ1) is 31.3.